The van der Waals surface area contributed by atoms with Crippen molar-refractivity contribution < 1.29 is 19.6 Å². The molecule has 0 radical (unpaired) electrons. The summed E-state index contributed by atoms with van der Waals surface area (Å²) in [6, 6.07) is 2.86. The highest BCUT2D eigenvalue weighted by molar-refractivity contribution is 9.10. The molecule has 1 N–H and O–H groups in total. The lowest BCUT2D eigenvalue weighted by atomic mass is 10.1. The lowest BCUT2D eigenvalue weighted by Crippen LogP contribution is -2.23. The maximum absolute atomic E-state index is 11.5. The number of hydrogen-bond donors (Lipinski definition) is 1. The van der Waals surface area contributed by atoms with E-state index < -0.39 is 11.0 Å². The number of benzene rings is 1. The van der Waals surface area contributed by atoms with Gasteiger partial charge in [0.25, 0.3) is 0 Å². The second kappa shape index (κ2) is 7.37. The quantitative estimate of drug-likeness (QED) is 0.620. The Balaban J connectivity index is 3.03. The molecule has 1 aromatic rings. The van der Waals surface area contributed by atoms with Crippen molar-refractivity contribution in [3.63, 3.8) is 0 Å². The third-order valence-electron chi connectivity index (χ3n) is 2.77. The first-order valence-electron chi connectivity index (χ1n) is 6.23. The second-order valence-corrected chi connectivity index (χ2v) is 5.58. The van der Waals surface area contributed by atoms with Gasteiger partial charge in [0.1, 0.15) is 0 Å². The number of halogens is 1. The van der Waals surface area contributed by atoms with Gasteiger partial charge in [-0.25, -0.2) is 0 Å². The summed E-state index contributed by atoms with van der Waals surface area (Å²) in [5.41, 5.74) is 0.0472. The van der Waals surface area contributed by atoms with Crippen LogP contribution < -0.4 is 4.74 Å². The molecular formula is C13H17BrN2O5. The maximum Gasteiger partial charge on any atom is 0.312 e. The Morgan fingerprint density at radius 3 is 2.62 bits per heavy atom. The molecular weight excluding hydrogens is 344 g/mol. The van der Waals surface area contributed by atoms with E-state index in [0.717, 1.165) is 0 Å². The van der Waals surface area contributed by atoms with Gasteiger partial charge in [-0.05, 0) is 13.0 Å². The minimum absolute atomic E-state index is 0.000788. The molecule has 0 aromatic heterocycles. The zero-order valence-electron chi connectivity index (χ0n) is 12.0. The Labute approximate surface area is 130 Å². The molecule has 0 bridgehead atoms. The molecule has 1 aromatic carbocycles. The third kappa shape index (κ3) is 4.68. The van der Waals surface area contributed by atoms with E-state index in [1.165, 1.54) is 17.9 Å². The van der Waals surface area contributed by atoms with E-state index in [1.807, 2.05) is 0 Å². The van der Waals surface area contributed by atoms with Crippen LogP contribution in [0.1, 0.15) is 25.0 Å². The van der Waals surface area contributed by atoms with Crippen LogP contribution in [0, 0.1) is 10.1 Å². The van der Waals surface area contributed by atoms with Gasteiger partial charge in [0.05, 0.1) is 24.1 Å². The van der Waals surface area contributed by atoms with E-state index in [1.54, 1.807) is 20.2 Å². The van der Waals surface area contributed by atoms with Crippen LogP contribution in [-0.4, -0.2) is 41.5 Å². The van der Waals surface area contributed by atoms with Crippen LogP contribution in [0.15, 0.2) is 16.6 Å². The summed E-state index contributed by atoms with van der Waals surface area (Å²) < 4.78 is 5.87. The van der Waals surface area contributed by atoms with E-state index >= 15 is 0 Å². The number of carbonyl (C=O) groups is 1. The third-order valence-corrected chi connectivity index (χ3v) is 3.23. The second-order valence-electron chi connectivity index (χ2n) is 4.66. The fraction of sp³-hybridized carbons (Fsp3) is 0.462. The Morgan fingerprint density at radius 2 is 2.14 bits per heavy atom. The molecule has 0 unspecified atom stereocenters. The minimum Gasteiger partial charge on any atom is -0.486 e. The van der Waals surface area contributed by atoms with E-state index in [0.29, 0.717) is 10.0 Å². The van der Waals surface area contributed by atoms with Crippen molar-refractivity contribution in [2.75, 3.05) is 20.7 Å². The van der Waals surface area contributed by atoms with Crippen molar-refractivity contribution in [2.24, 2.45) is 0 Å². The molecule has 0 heterocycles. The van der Waals surface area contributed by atoms with Crippen molar-refractivity contribution in [1.82, 2.24) is 4.90 Å². The normalized spacial score (nSPS) is 11.9. The highest BCUT2D eigenvalue weighted by atomic mass is 79.9. The number of rotatable bonds is 6. The summed E-state index contributed by atoms with van der Waals surface area (Å²) >= 11 is 3.16. The first kappa shape index (κ1) is 17.4. The number of carbonyl (C=O) groups excluding carboxylic acids is 1. The van der Waals surface area contributed by atoms with Crippen LogP contribution in [0.2, 0.25) is 0 Å². The van der Waals surface area contributed by atoms with Crippen molar-refractivity contribution in [3.8, 4) is 5.75 Å². The molecule has 0 spiro atoms. The number of aliphatic hydroxyl groups is 1. The fourth-order valence-corrected chi connectivity index (χ4v) is 2.13. The maximum atomic E-state index is 11.5. The molecule has 0 saturated heterocycles. The van der Waals surface area contributed by atoms with Crippen molar-refractivity contribution in [3.05, 3.63) is 32.3 Å². The lowest BCUT2D eigenvalue weighted by molar-refractivity contribution is -0.386. The standard InChI is InChI=1S/C13H17BrN2O5/c1-8(17)10-6-9(14)7-11(16(19)20)13(10)21-5-4-12(18)15(2)3/h6-8,17H,4-5H2,1-3H3/t8-/m1/s1. The Bertz CT molecular complexity index is 546. The van der Waals surface area contributed by atoms with Gasteiger partial charge in [-0.3, -0.25) is 14.9 Å². The number of nitrogens with zero attached hydrogens (tertiary/aromatic N) is 2. The number of amides is 1. The van der Waals surface area contributed by atoms with Crippen molar-refractivity contribution in [1.29, 1.82) is 0 Å². The van der Waals surface area contributed by atoms with Gasteiger partial charge in [0.15, 0.2) is 0 Å². The number of nitro groups is 1. The lowest BCUT2D eigenvalue weighted by Gasteiger charge is -2.15. The van der Waals surface area contributed by atoms with Crippen LogP contribution >= 0.6 is 15.9 Å². The number of nitro benzene ring substituents is 1. The minimum atomic E-state index is -0.930. The van der Waals surface area contributed by atoms with Crippen molar-refractivity contribution in [2.45, 2.75) is 19.4 Å². The Morgan fingerprint density at radius 1 is 1.52 bits per heavy atom. The summed E-state index contributed by atoms with van der Waals surface area (Å²) in [6.45, 7) is 1.49. The van der Waals surface area contributed by atoms with Crippen LogP contribution in [0.5, 0.6) is 5.75 Å². The predicted molar refractivity (Wildman–Crippen MR) is 80.2 cm³/mol. The molecule has 0 aliphatic rings. The van der Waals surface area contributed by atoms with Crippen LogP contribution in [0.3, 0.4) is 0 Å². The Kier molecular flexibility index (Phi) is 6.10. The first-order valence-corrected chi connectivity index (χ1v) is 7.02. The highest BCUT2D eigenvalue weighted by Gasteiger charge is 2.23. The molecule has 116 valence electrons. The van der Waals surface area contributed by atoms with E-state index in [4.69, 9.17) is 4.74 Å². The first-order chi connectivity index (χ1) is 9.73. The average Bonchev–Trinajstić information content (AvgIpc) is 2.38. The summed E-state index contributed by atoms with van der Waals surface area (Å²) in [7, 11) is 3.23. The summed E-state index contributed by atoms with van der Waals surface area (Å²) in [5, 5.41) is 20.8. The topological polar surface area (TPSA) is 92.9 Å². The zero-order chi connectivity index (χ0) is 16.2. The summed E-state index contributed by atoms with van der Waals surface area (Å²) in [4.78, 5) is 23.4. The monoisotopic (exact) mass is 360 g/mol. The van der Waals surface area contributed by atoms with Gasteiger partial charge >= 0.3 is 5.69 Å². The van der Waals surface area contributed by atoms with Crippen molar-refractivity contribution >= 4 is 27.5 Å². The molecule has 0 fully saturated rings. The largest absolute Gasteiger partial charge is 0.486 e. The van der Waals surface area contributed by atoms with E-state index in [-0.39, 0.29) is 30.4 Å². The summed E-state index contributed by atoms with van der Waals surface area (Å²) in [5.74, 6) is -0.155. The van der Waals surface area contributed by atoms with Gasteiger partial charge in [-0.2, -0.15) is 0 Å². The zero-order valence-corrected chi connectivity index (χ0v) is 13.6. The average molecular weight is 361 g/mol. The summed E-state index contributed by atoms with van der Waals surface area (Å²) in [6.07, 6.45) is -0.833. The van der Waals surface area contributed by atoms with Gasteiger partial charge in [-0.15, -0.1) is 0 Å². The molecule has 1 atom stereocenters. The van der Waals surface area contributed by atoms with E-state index in [9.17, 15) is 20.0 Å². The molecule has 1 amide bonds. The number of hydrogen-bond acceptors (Lipinski definition) is 5. The van der Waals surface area contributed by atoms with E-state index in [2.05, 4.69) is 15.9 Å². The fourth-order valence-electron chi connectivity index (χ4n) is 1.67. The van der Waals surface area contributed by atoms with Gasteiger partial charge in [0.2, 0.25) is 11.7 Å². The van der Waals surface area contributed by atoms with Gasteiger partial charge in [-0.1, -0.05) is 15.9 Å². The van der Waals surface area contributed by atoms with Crippen LogP contribution in [-0.2, 0) is 4.79 Å². The number of aliphatic hydroxyl groups excluding tert-OH is 1. The molecule has 1 rings (SSSR count). The van der Waals surface area contributed by atoms with Gasteiger partial charge < -0.3 is 14.7 Å². The number of ether oxygens (including phenoxy) is 1. The highest BCUT2D eigenvalue weighted by Crippen LogP contribution is 2.37. The molecule has 0 aliphatic heterocycles. The molecule has 8 heteroatoms. The molecule has 0 aliphatic carbocycles. The molecule has 0 saturated carbocycles. The molecule has 7 nitrogen and oxygen atoms in total. The van der Waals surface area contributed by atoms with Gasteiger partial charge in [0, 0.05) is 30.2 Å². The Hall–Kier alpha value is -1.67. The smallest absolute Gasteiger partial charge is 0.312 e. The van der Waals surface area contributed by atoms with Crippen LogP contribution in [0.4, 0.5) is 5.69 Å². The molecule has 21 heavy (non-hydrogen) atoms. The van der Waals surface area contributed by atoms with Crippen LogP contribution in [0.25, 0.3) is 0 Å². The predicted octanol–water partition coefficient (Wildman–Crippen LogP) is 2.27. The SMILES string of the molecule is C[C@@H](O)c1cc(Br)cc([N+](=O)[O-])c1OCCC(=O)N(C)C.